The van der Waals surface area contributed by atoms with E-state index in [-0.39, 0.29) is 0 Å². The maximum absolute atomic E-state index is 9.25. The van der Waals surface area contributed by atoms with Gasteiger partial charge in [-0.15, -0.1) is 0 Å². The van der Waals surface area contributed by atoms with Gasteiger partial charge in [0.05, 0.1) is 11.3 Å². The Kier molecular flexibility index (Phi) is 4.24. The zero-order chi connectivity index (χ0) is 13.8. The highest BCUT2D eigenvalue weighted by Gasteiger charge is 2.12. The first-order chi connectivity index (χ1) is 9.15. The van der Waals surface area contributed by atoms with Crippen molar-refractivity contribution in [3.63, 3.8) is 0 Å². The van der Waals surface area contributed by atoms with Gasteiger partial charge in [-0.05, 0) is 44.2 Å². The molecule has 2 aromatic rings. The van der Waals surface area contributed by atoms with E-state index in [1.165, 1.54) is 5.56 Å². The van der Waals surface area contributed by atoms with Crippen LogP contribution in [-0.2, 0) is 0 Å². The van der Waals surface area contributed by atoms with Crippen molar-refractivity contribution in [1.82, 2.24) is 0 Å². The van der Waals surface area contributed by atoms with Gasteiger partial charge in [-0.2, -0.15) is 5.26 Å². The molecule has 0 unspecified atom stereocenters. The van der Waals surface area contributed by atoms with Crippen LogP contribution in [0.5, 0.6) is 0 Å². The summed E-state index contributed by atoms with van der Waals surface area (Å²) in [6.07, 6.45) is 0. The van der Waals surface area contributed by atoms with Gasteiger partial charge in [-0.3, -0.25) is 0 Å². The molecular weight excluding hydrogens is 300 g/mol. The van der Waals surface area contributed by atoms with Gasteiger partial charge in [-0.1, -0.05) is 33.6 Å². The highest BCUT2D eigenvalue weighted by molar-refractivity contribution is 9.10. The van der Waals surface area contributed by atoms with Crippen LogP contribution in [0.3, 0.4) is 0 Å². The maximum atomic E-state index is 9.25. The Labute approximate surface area is 122 Å². The van der Waals surface area contributed by atoms with E-state index in [2.05, 4.69) is 65.0 Å². The quantitative estimate of drug-likeness (QED) is 0.814. The molecule has 2 nitrogen and oxygen atoms in total. The van der Waals surface area contributed by atoms with Crippen molar-refractivity contribution >= 4 is 27.3 Å². The number of anilines is 2. The normalized spacial score (nSPS) is 10.0. The molecule has 0 amide bonds. The van der Waals surface area contributed by atoms with E-state index < -0.39 is 0 Å². The monoisotopic (exact) mass is 314 g/mol. The number of aryl methyl sites for hydroxylation is 1. The van der Waals surface area contributed by atoms with Gasteiger partial charge in [0.15, 0.2) is 0 Å². The third-order valence-corrected chi connectivity index (χ3v) is 3.53. The van der Waals surface area contributed by atoms with Crippen molar-refractivity contribution in [3.8, 4) is 6.07 Å². The van der Waals surface area contributed by atoms with Crippen LogP contribution in [-0.4, -0.2) is 6.54 Å². The summed E-state index contributed by atoms with van der Waals surface area (Å²) in [6, 6.07) is 16.3. The molecule has 0 atom stereocenters. The highest BCUT2D eigenvalue weighted by Crippen LogP contribution is 2.30. The van der Waals surface area contributed by atoms with Crippen molar-refractivity contribution in [2.45, 2.75) is 13.8 Å². The predicted molar refractivity (Wildman–Crippen MR) is 82.7 cm³/mol. The lowest BCUT2D eigenvalue weighted by molar-refractivity contribution is 1.02. The standard InChI is InChI=1S/C16H15BrN2/c1-3-19(15-8-4-12(2)5-9-15)16-10-14(17)7-6-13(16)11-18/h4-10H,3H2,1-2H3. The average Bonchev–Trinajstić information content (AvgIpc) is 2.42. The fourth-order valence-electron chi connectivity index (χ4n) is 2.04. The molecule has 0 heterocycles. The van der Waals surface area contributed by atoms with Gasteiger partial charge in [0, 0.05) is 16.7 Å². The summed E-state index contributed by atoms with van der Waals surface area (Å²) in [5, 5.41) is 9.25. The van der Waals surface area contributed by atoms with Crippen molar-refractivity contribution in [3.05, 3.63) is 58.1 Å². The van der Waals surface area contributed by atoms with Gasteiger partial charge in [0.1, 0.15) is 6.07 Å². The second-order valence-electron chi connectivity index (χ2n) is 4.35. The van der Waals surface area contributed by atoms with E-state index in [0.29, 0.717) is 5.56 Å². The Morgan fingerprint density at radius 3 is 2.42 bits per heavy atom. The molecule has 0 saturated carbocycles. The summed E-state index contributed by atoms with van der Waals surface area (Å²) in [5.41, 5.74) is 3.95. The molecule has 0 aliphatic heterocycles. The lowest BCUT2D eigenvalue weighted by atomic mass is 10.1. The van der Waals surface area contributed by atoms with Crippen LogP contribution in [0.1, 0.15) is 18.1 Å². The Hall–Kier alpha value is -1.79. The summed E-state index contributed by atoms with van der Waals surface area (Å²) >= 11 is 3.47. The van der Waals surface area contributed by atoms with Gasteiger partial charge >= 0.3 is 0 Å². The largest absolute Gasteiger partial charge is 0.341 e. The summed E-state index contributed by atoms with van der Waals surface area (Å²) in [6.45, 7) is 4.97. The van der Waals surface area contributed by atoms with Crippen LogP contribution in [0.15, 0.2) is 46.9 Å². The SMILES string of the molecule is CCN(c1ccc(C)cc1)c1cc(Br)ccc1C#N. The van der Waals surface area contributed by atoms with Crippen LogP contribution < -0.4 is 4.90 Å². The third kappa shape index (κ3) is 2.97. The van der Waals surface area contributed by atoms with E-state index in [1.807, 2.05) is 18.2 Å². The fraction of sp³-hybridized carbons (Fsp3) is 0.188. The van der Waals surface area contributed by atoms with Crippen LogP contribution >= 0.6 is 15.9 Å². The van der Waals surface area contributed by atoms with E-state index in [4.69, 9.17) is 0 Å². The molecule has 0 radical (unpaired) electrons. The summed E-state index contributed by atoms with van der Waals surface area (Å²) < 4.78 is 0.979. The minimum absolute atomic E-state index is 0.686. The Morgan fingerprint density at radius 2 is 1.84 bits per heavy atom. The minimum atomic E-state index is 0.686. The molecule has 2 aromatic carbocycles. The fourth-order valence-corrected chi connectivity index (χ4v) is 2.39. The number of hydrogen-bond acceptors (Lipinski definition) is 2. The molecule has 0 N–H and O–H groups in total. The number of benzene rings is 2. The molecule has 0 saturated heterocycles. The van der Waals surface area contributed by atoms with Crippen molar-refractivity contribution in [2.75, 3.05) is 11.4 Å². The molecule has 96 valence electrons. The molecular formula is C16H15BrN2. The molecule has 2 rings (SSSR count). The first kappa shape index (κ1) is 13.6. The summed E-state index contributed by atoms with van der Waals surface area (Å²) in [5.74, 6) is 0. The van der Waals surface area contributed by atoms with E-state index in [0.717, 1.165) is 22.4 Å². The van der Waals surface area contributed by atoms with E-state index in [1.54, 1.807) is 0 Å². The number of rotatable bonds is 3. The second-order valence-corrected chi connectivity index (χ2v) is 5.27. The highest BCUT2D eigenvalue weighted by atomic mass is 79.9. The molecule has 19 heavy (non-hydrogen) atoms. The van der Waals surface area contributed by atoms with Gasteiger partial charge in [-0.25, -0.2) is 0 Å². The molecule has 0 fully saturated rings. The Bertz CT molecular complexity index is 612. The van der Waals surface area contributed by atoms with Crippen molar-refractivity contribution in [2.24, 2.45) is 0 Å². The molecule has 0 aromatic heterocycles. The third-order valence-electron chi connectivity index (χ3n) is 3.03. The number of hydrogen-bond donors (Lipinski definition) is 0. The van der Waals surface area contributed by atoms with Crippen LogP contribution in [0.2, 0.25) is 0 Å². The Balaban J connectivity index is 2.51. The van der Waals surface area contributed by atoms with Gasteiger partial charge < -0.3 is 4.90 Å². The molecule has 0 aliphatic carbocycles. The smallest absolute Gasteiger partial charge is 0.101 e. The maximum Gasteiger partial charge on any atom is 0.101 e. The summed E-state index contributed by atoms with van der Waals surface area (Å²) in [7, 11) is 0. The molecule has 0 bridgehead atoms. The molecule has 0 aliphatic rings. The zero-order valence-corrected chi connectivity index (χ0v) is 12.6. The minimum Gasteiger partial charge on any atom is -0.341 e. The van der Waals surface area contributed by atoms with E-state index >= 15 is 0 Å². The van der Waals surface area contributed by atoms with Gasteiger partial charge in [0.2, 0.25) is 0 Å². The number of halogens is 1. The average molecular weight is 315 g/mol. The molecule has 3 heteroatoms. The Morgan fingerprint density at radius 1 is 1.16 bits per heavy atom. The molecule has 0 spiro atoms. The van der Waals surface area contributed by atoms with Crippen LogP contribution in [0, 0.1) is 18.3 Å². The van der Waals surface area contributed by atoms with Crippen molar-refractivity contribution in [1.29, 1.82) is 5.26 Å². The summed E-state index contributed by atoms with van der Waals surface area (Å²) in [4.78, 5) is 2.14. The van der Waals surface area contributed by atoms with Crippen molar-refractivity contribution < 1.29 is 0 Å². The first-order valence-electron chi connectivity index (χ1n) is 6.19. The number of nitriles is 1. The topological polar surface area (TPSA) is 27.0 Å². The first-order valence-corrected chi connectivity index (χ1v) is 6.99. The number of nitrogens with zero attached hydrogens (tertiary/aromatic N) is 2. The van der Waals surface area contributed by atoms with E-state index in [9.17, 15) is 5.26 Å². The predicted octanol–water partition coefficient (Wildman–Crippen LogP) is 4.79. The lowest BCUT2D eigenvalue weighted by Gasteiger charge is -2.24. The van der Waals surface area contributed by atoms with Crippen LogP contribution in [0.4, 0.5) is 11.4 Å². The van der Waals surface area contributed by atoms with Gasteiger partial charge in [0.25, 0.3) is 0 Å². The van der Waals surface area contributed by atoms with Crippen LogP contribution in [0.25, 0.3) is 0 Å². The zero-order valence-electron chi connectivity index (χ0n) is 11.0. The second kappa shape index (κ2) is 5.90. The lowest BCUT2D eigenvalue weighted by Crippen LogP contribution is -2.17.